The van der Waals surface area contributed by atoms with Gasteiger partial charge < -0.3 is 14.2 Å². The molecule has 0 heterocycles. The van der Waals surface area contributed by atoms with Gasteiger partial charge in [0.25, 0.3) is 0 Å². The minimum absolute atomic E-state index is 0.0989. The van der Waals surface area contributed by atoms with Gasteiger partial charge >= 0.3 is 0 Å². The van der Waals surface area contributed by atoms with Gasteiger partial charge in [-0.05, 0) is 26.2 Å². The molecule has 0 aromatic rings. The summed E-state index contributed by atoms with van der Waals surface area (Å²) in [6, 6.07) is 0. The van der Waals surface area contributed by atoms with Gasteiger partial charge in [0.1, 0.15) is 0 Å². The molecule has 0 bridgehead atoms. The predicted molar refractivity (Wildman–Crippen MR) is 98.8 cm³/mol. The summed E-state index contributed by atoms with van der Waals surface area (Å²) in [5.74, 6) is 0.448. The predicted octanol–water partition coefficient (Wildman–Crippen LogP) is 5.73. The number of allylic oxidation sites excluding steroid dienone is 1. The van der Waals surface area contributed by atoms with Crippen LogP contribution in [0.5, 0.6) is 0 Å². The fourth-order valence-corrected chi connectivity index (χ4v) is 3.15. The summed E-state index contributed by atoms with van der Waals surface area (Å²) >= 11 is 0. The van der Waals surface area contributed by atoms with Gasteiger partial charge in [-0.1, -0.05) is 64.0 Å². The second-order valence-electron chi connectivity index (χ2n) is 6.39. The lowest BCUT2D eigenvalue weighted by molar-refractivity contribution is -0.141. The average Bonchev–Trinajstić information content (AvgIpc) is 2.57. The molecule has 0 spiro atoms. The van der Waals surface area contributed by atoms with Gasteiger partial charge in [0.15, 0.2) is 6.29 Å². The highest BCUT2D eigenvalue weighted by Crippen LogP contribution is 2.24. The number of ether oxygens (including phenoxy) is 3. The van der Waals surface area contributed by atoms with Crippen molar-refractivity contribution in [2.75, 3.05) is 21.3 Å². The Hall–Kier alpha value is -0.380. The second-order valence-corrected chi connectivity index (χ2v) is 6.39. The number of rotatable bonds is 16. The van der Waals surface area contributed by atoms with E-state index in [-0.39, 0.29) is 12.4 Å². The van der Waals surface area contributed by atoms with Crippen molar-refractivity contribution in [1.29, 1.82) is 0 Å². The summed E-state index contributed by atoms with van der Waals surface area (Å²) in [7, 11) is 5.26. The summed E-state index contributed by atoms with van der Waals surface area (Å²) < 4.78 is 16.5. The van der Waals surface area contributed by atoms with Crippen LogP contribution in [-0.2, 0) is 14.2 Å². The maximum atomic E-state index is 5.52. The SMILES string of the molecule is CC=CC(CCC(CCCCCCCCC)C(OC)OC)OC. The number of unbranched alkanes of at least 4 members (excludes halogenated alkanes) is 6. The quantitative estimate of drug-likeness (QED) is 0.206. The van der Waals surface area contributed by atoms with E-state index in [2.05, 4.69) is 19.1 Å². The van der Waals surface area contributed by atoms with E-state index in [0.29, 0.717) is 5.92 Å². The maximum Gasteiger partial charge on any atom is 0.159 e. The van der Waals surface area contributed by atoms with Crippen molar-refractivity contribution in [2.45, 2.75) is 90.4 Å². The first-order valence-electron chi connectivity index (χ1n) is 9.44. The van der Waals surface area contributed by atoms with Crippen molar-refractivity contribution in [1.82, 2.24) is 0 Å². The number of hydrogen-bond donors (Lipinski definition) is 0. The third kappa shape index (κ3) is 11.7. The minimum atomic E-state index is -0.0989. The highest BCUT2D eigenvalue weighted by molar-refractivity contribution is 4.87. The van der Waals surface area contributed by atoms with Crippen molar-refractivity contribution in [3.63, 3.8) is 0 Å². The molecule has 0 saturated carbocycles. The smallest absolute Gasteiger partial charge is 0.159 e. The fraction of sp³-hybridized carbons (Fsp3) is 0.900. The summed E-state index contributed by atoms with van der Waals surface area (Å²) in [5.41, 5.74) is 0. The van der Waals surface area contributed by atoms with E-state index in [9.17, 15) is 0 Å². The minimum Gasteiger partial charge on any atom is -0.377 e. The summed E-state index contributed by atoms with van der Waals surface area (Å²) in [6.07, 6.45) is 17.0. The Labute approximate surface area is 144 Å². The molecular weight excluding hydrogens is 288 g/mol. The van der Waals surface area contributed by atoms with Crippen LogP contribution in [0.25, 0.3) is 0 Å². The van der Waals surface area contributed by atoms with Gasteiger partial charge in [-0.3, -0.25) is 0 Å². The van der Waals surface area contributed by atoms with Crippen LogP contribution in [-0.4, -0.2) is 33.7 Å². The molecule has 0 rings (SSSR count). The van der Waals surface area contributed by atoms with Crippen LogP contribution < -0.4 is 0 Å². The van der Waals surface area contributed by atoms with E-state index in [4.69, 9.17) is 14.2 Å². The number of hydrogen-bond acceptors (Lipinski definition) is 3. The lowest BCUT2D eigenvalue weighted by atomic mass is 9.93. The van der Waals surface area contributed by atoms with Crippen molar-refractivity contribution in [3.05, 3.63) is 12.2 Å². The van der Waals surface area contributed by atoms with Crippen LogP contribution in [0.15, 0.2) is 12.2 Å². The first-order valence-corrected chi connectivity index (χ1v) is 9.44. The molecule has 0 aromatic carbocycles. The zero-order valence-electron chi connectivity index (χ0n) is 16.2. The Bertz CT molecular complexity index is 262. The monoisotopic (exact) mass is 328 g/mol. The van der Waals surface area contributed by atoms with Gasteiger partial charge in [-0.25, -0.2) is 0 Å². The summed E-state index contributed by atoms with van der Waals surface area (Å²) in [6.45, 7) is 4.30. The number of methoxy groups -OCH3 is 3. The third-order valence-corrected chi connectivity index (χ3v) is 4.56. The lowest BCUT2D eigenvalue weighted by Crippen LogP contribution is -2.26. The largest absolute Gasteiger partial charge is 0.377 e. The summed E-state index contributed by atoms with van der Waals surface area (Å²) in [4.78, 5) is 0. The average molecular weight is 329 g/mol. The molecule has 3 heteroatoms. The van der Waals surface area contributed by atoms with E-state index in [1.54, 1.807) is 21.3 Å². The molecule has 0 aliphatic heterocycles. The van der Waals surface area contributed by atoms with Gasteiger partial charge in [-0.15, -0.1) is 0 Å². The molecule has 0 N–H and O–H groups in total. The van der Waals surface area contributed by atoms with E-state index in [1.165, 1.54) is 51.4 Å². The van der Waals surface area contributed by atoms with Crippen LogP contribution in [0, 0.1) is 5.92 Å². The van der Waals surface area contributed by atoms with E-state index in [1.807, 2.05) is 6.92 Å². The van der Waals surface area contributed by atoms with Gasteiger partial charge in [0.05, 0.1) is 6.10 Å². The Balaban J connectivity index is 4.14. The zero-order chi connectivity index (χ0) is 17.3. The molecular formula is C20H40O3. The zero-order valence-corrected chi connectivity index (χ0v) is 16.2. The van der Waals surface area contributed by atoms with Crippen LogP contribution in [0.1, 0.15) is 78.1 Å². The van der Waals surface area contributed by atoms with Crippen molar-refractivity contribution in [3.8, 4) is 0 Å². The van der Waals surface area contributed by atoms with Gasteiger partial charge in [-0.2, -0.15) is 0 Å². The first kappa shape index (κ1) is 22.6. The molecule has 0 aliphatic rings. The molecule has 2 atom stereocenters. The first-order chi connectivity index (χ1) is 11.2. The van der Waals surface area contributed by atoms with Crippen LogP contribution in [0.2, 0.25) is 0 Å². The van der Waals surface area contributed by atoms with Crippen molar-refractivity contribution < 1.29 is 14.2 Å². The van der Waals surface area contributed by atoms with E-state index >= 15 is 0 Å². The Morgan fingerprint density at radius 3 is 1.87 bits per heavy atom. The maximum absolute atomic E-state index is 5.52. The molecule has 3 nitrogen and oxygen atoms in total. The topological polar surface area (TPSA) is 27.7 Å². The molecule has 0 aromatic heterocycles. The highest BCUT2D eigenvalue weighted by atomic mass is 16.7. The normalized spacial score (nSPS) is 14.7. The lowest BCUT2D eigenvalue weighted by Gasteiger charge is -2.26. The van der Waals surface area contributed by atoms with Crippen LogP contribution in [0.4, 0.5) is 0 Å². The van der Waals surface area contributed by atoms with E-state index in [0.717, 1.165) is 12.8 Å². The Kier molecular flexibility index (Phi) is 16.2. The third-order valence-electron chi connectivity index (χ3n) is 4.56. The molecule has 0 fully saturated rings. The second kappa shape index (κ2) is 16.5. The molecule has 0 aliphatic carbocycles. The van der Waals surface area contributed by atoms with Gasteiger partial charge in [0.2, 0.25) is 0 Å². The molecule has 0 radical (unpaired) electrons. The molecule has 138 valence electrons. The van der Waals surface area contributed by atoms with E-state index < -0.39 is 0 Å². The standard InChI is InChI=1S/C20H40O3/c1-6-8-9-10-11-12-13-15-18(20(22-4)23-5)16-17-19(21-3)14-7-2/h7,14,18-20H,6,8-13,15-17H2,1-5H3. The van der Waals surface area contributed by atoms with Crippen LogP contribution >= 0.6 is 0 Å². The molecule has 23 heavy (non-hydrogen) atoms. The molecule has 2 unspecified atom stereocenters. The summed E-state index contributed by atoms with van der Waals surface area (Å²) in [5, 5.41) is 0. The molecule has 0 amide bonds. The fourth-order valence-electron chi connectivity index (χ4n) is 3.15. The highest BCUT2D eigenvalue weighted by Gasteiger charge is 2.21. The Morgan fingerprint density at radius 1 is 0.739 bits per heavy atom. The Morgan fingerprint density at radius 2 is 1.35 bits per heavy atom. The molecule has 0 saturated heterocycles. The van der Waals surface area contributed by atoms with Crippen LogP contribution in [0.3, 0.4) is 0 Å². The van der Waals surface area contributed by atoms with Crippen molar-refractivity contribution in [2.24, 2.45) is 5.92 Å². The van der Waals surface area contributed by atoms with Gasteiger partial charge in [0, 0.05) is 27.2 Å². The van der Waals surface area contributed by atoms with Crippen molar-refractivity contribution >= 4 is 0 Å².